The van der Waals surface area contributed by atoms with Gasteiger partial charge in [0.15, 0.2) is 11.5 Å². The molecule has 1 fully saturated rings. The molecule has 0 aliphatic carbocycles. The zero-order valence-electron chi connectivity index (χ0n) is 18.1. The number of aromatic nitrogens is 2. The second-order valence-electron chi connectivity index (χ2n) is 8.33. The third-order valence-electron chi connectivity index (χ3n) is 6.08. The van der Waals surface area contributed by atoms with E-state index in [1.165, 1.54) is 10.6 Å². The first-order chi connectivity index (χ1) is 15.7. The molecule has 8 nitrogen and oxygen atoms in total. The number of pyridine rings is 2. The van der Waals surface area contributed by atoms with Gasteiger partial charge >= 0.3 is 6.29 Å². The number of aryl methyl sites for hydroxylation is 1. The van der Waals surface area contributed by atoms with Gasteiger partial charge in [-0.2, -0.15) is 5.26 Å². The fraction of sp³-hybridized carbons (Fsp3) is 0.348. The summed E-state index contributed by atoms with van der Waals surface area (Å²) in [6, 6.07) is 11.9. The van der Waals surface area contributed by atoms with Gasteiger partial charge in [0.2, 0.25) is 0 Å². The van der Waals surface area contributed by atoms with Crippen LogP contribution in [0.3, 0.4) is 0 Å². The van der Waals surface area contributed by atoms with Gasteiger partial charge < -0.3 is 18.9 Å². The Kier molecular flexibility index (Phi) is 4.94. The Hall–Kier alpha value is -3.71. The number of ether oxygens (including phenoxy) is 2. The molecule has 33 heavy (non-hydrogen) atoms. The van der Waals surface area contributed by atoms with Gasteiger partial charge in [0.05, 0.1) is 11.2 Å². The van der Waals surface area contributed by atoms with Crippen LogP contribution in [-0.4, -0.2) is 46.4 Å². The number of piperazine rings is 1. The standard InChI is InChI=1S/C23H21F2N5O3/c1-14-12-29(13-15-3-6-19-20(9-15)33-23(24,25)32-19)7-8-30(14)18-10-21(31)28(2)17-5-4-16(11-26)27-22(17)18/h3-6,9-10,14H,7-8,12-13H2,1-2H3/t14-/m0/s1. The van der Waals surface area contributed by atoms with Crippen molar-refractivity contribution in [3.63, 3.8) is 0 Å². The molecule has 1 atom stereocenters. The van der Waals surface area contributed by atoms with E-state index in [2.05, 4.69) is 37.3 Å². The van der Waals surface area contributed by atoms with Crippen molar-refractivity contribution in [1.29, 1.82) is 5.26 Å². The van der Waals surface area contributed by atoms with Crippen LogP contribution >= 0.6 is 0 Å². The van der Waals surface area contributed by atoms with E-state index < -0.39 is 6.29 Å². The van der Waals surface area contributed by atoms with Crippen molar-refractivity contribution in [3.8, 4) is 17.6 Å². The average molecular weight is 453 g/mol. The molecule has 1 aromatic carbocycles. The van der Waals surface area contributed by atoms with Crippen LogP contribution in [0.5, 0.6) is 11.5 Å². The zero-order chi connectivity index (χ0) is 23.3. The highest BCUT2D eigenvalue weighted by molar-refractivity contribution is 5.88. The molecule has 0 spiro atoms. The van der Waals surface area contributed by atoms with Crippen LogP contribution < -0.4 is 19.9 Å². The highest BCUT2D eigenvalue weighted by atomic mass is 19.3. The highest BCUT2D eigenvalue weighted by Gasteiger charge is 2.43. The van der Waals surface area contributed by atoms with Crippen LogP contribution in [0.15, 0.2) is 41.2 Å². The maximum Gasteiger partial charge on any atom is 0.586 e. The minimum atomic E-state index is -3.63. The van der Waals surface area contributed by atoms with Gasteiger partial charge in [-0.3, -0.25) is 9.69 Å². The molecular weight excluding hydrogens is 432 g/mol. The van der Waals surface area contributed by atoms with Crippen LogP contribution in [0.25, 0.3) is 11.0 Å². The molecule has 0 N–H and O–H groups in total. The van der Waals surface area contributed by atoms with Crippen molar-refractivity contribution in [2.75, 3.05) is 24.5 Å². The summed E-state index contributed by atoms with van der Waals surface area (Å²) < 4.78 is 37.1. The minimum absolute atomic E-state index is 0.0312. The Morgan fingerprint density at radius 2 is 1.97 bits per heavy atom. The summed E-state index contributed by atoms with van der Waals surface area (Å²) >= 11 is 0. The molecule has 3 aromatic rings. The summed E-state index contributed by atoms with van der Waals surface area (Å²) in [5.74, 6) is 0.0684. The number of nitrogens with zero attached hydrogens (tertiary/aromatic N) is 5. The molecule has 0 bridgehead atoms. The molecule has 0 unspecified atom stereocenters. The molecule has 0 saturated carbocycles. The lowest BCUT2D eigenvalue weighted by Crippen LogP contribution is -2.52. The maximum absolute atomic E-state index is 13.3. The number of nitriles is 1. The van der Waals surface area contributed by atoms with Crippen molar-refractivity contribution >= 4 is 16.7 Å². The van der Waals surface area contributed by atoms with E-state index in [0.29, 0.717) is 48.6 Å². The molecule has 0 amide bonds. The van der Waals surface area contributed by atoms with Crippen molar-refractivity contribution in [2.24, 2.45) is 7.05 Å². The molecule has 10 heteroatoms. The number of alkyl halides is 2. The second-order valence-corrected chi connectivity index (χ2v) is 8.33. The molecule has 4 heterocycles. The minimum Gasteiger partial charge on any atom is -0.395 e. The first-order valence-electron chi connectivity index (χ1n) is 10.5. The van der Waals surface area contributed by atoms with Crippen LogP contribution in [-0.2, 0) is 13.6 Å². The van der Waals surface area contributed by atoms with E-state index in [1.807, 2.05) is 0 Å². The monoisotopic (exact) mass is 453 g/mol. The smallest absolute Gasteiger partial charge is 0.395 e. The number of benzene rings is 1. The van der Waals surface area contributed by atoms with E-state index in [-0.39, 0.29) is 23.1 Å². The van der Waals surface area contributed by atoms with Crippen LogP contribution in [0.2, 0.25) is 0 Å². The van der Waals surface area contributed by atoms with Crippen LogP contribution in [0.1, 0.15) is 18.2 Å². The number of anilines is 1. The van der Waals surface area contributed by atoms with E-state index >= 15 is 0 Å². The fourth-order valence-electron chi connectivity index (χ4n) is 4.48. The fourth-order valence-corrected chi connectivity index (χ4v) is 4.48. The van der Waals surface area contributed by atoms with E-state index in [1.54, 1.807) is 37.4 Å². The quantitative estimate of drug-likeness (QED) is 0.603. The largest absolute Gasteiger partial charge is 0.586 e. The van der Waals surface area contributed by atoms with E-state index in [9.17, 15) is 18.8 Å². The summed E-state index contributed by atoms with van der Waals surface area (Å²) in [5, 5.41) is 9.28. The third kappa shape index (κ3) is 3.85. The number of hydrogen-bond donors (Lipinski definition) is 0. The predicted molar refractivity (Wildman–Crippen MR) is 116 cm³/mol. The lowest BCUT2D eigenvalue weighted by molar-refractivity contribution is -0.286. The van der Waals surface area contributed by atoms with Gasteiger partial charge in [-0.1, -0.05) is 6.07 Å². The topological polar surface area (TPSA) is 83.6 Å². The zero-order valence-corrected chi connectivity index (χ0v) is 18.1. The second kappa shape index (κ2) is 7.71. The number of rotatable bonds is 3. The third-order valence-corrected chi connectivity index (χ3v) is 6.08. The first kappa shape index (κ1) is 21.2. The Labute approximate surface area is 188 Å². The predicted octanol–water partition coefficient (Wildman–Crippen LogP) is 2.84. The van der Waals surface area contributed by atoms with E-state index in [4.69, 9.17) is 0 Å². The Morgan fingerprint density at radius 3 is 2.73 bits per heavy atom. The van der Waals surface area contributed by atoms with Crippen molar-refractivity contribution in [1.82, 2.24) is 14.5 Å². The molecule has 5 rings (SSSR count). The lowest BCUT2D eigenvalue weighted by Gasteiger charge is -2.41. The van der Waals surface area contributed by atoms with Crippen molar-refractivity contribution in [2.45, 2.75) is 25.8 Å². The summed E-state index contributed by atoms with van der Waals surface area (Å²) in [7, 11) is 1.69. The maximum atomic E-state index is 13.3. The molecule has 2 aliphatic heterocycles. The van der Waals surface area contributed by atoms with E-state index in [0.717, 1.165) is 5.56 Å². The van der Waals surface area contributed by atoms with Gasteiger partial charge in [-0.25, -0.2) is 4.98 Å². The number of fused-ring (bicyclic) bond motifs is 2. The van der Waals surface area contributed by atoms with Crippen molar-refractivity contribution in [3.05, 3.63) is 58.0 Å². The molecule has 2 aliphatic rings. The Bertz CT molecular complexity index is 1350. The van der Waals surface area contributed by atoms with Gasteiger partial charge in [0, 0.05) is 45.3 Å². The van der Waals surface area contributed by atoms with Gasteiger partial charge in [-0.15, -0.1) is 8.78 Å². The summed E-state index contributed by atoms with van der Waals surface area (Å²) in [5.41, 5.74) is 2.99. The number of halogens is 2. The first-order valence-corrected chi connectivity index (χ1v) is 10.5. The Morgan fingerprint density at radius 1 is 1.18 bits per heavy atom. The van der Waals surface area contributed by atoms with Crippen molar-refractivity contribution < 1.29 is 18.3 Å². The summed E-state index contributed by atoms with van der Waals surface area (Å²) in [6.45, 7) is 4.66. The molecule has 2 aromatic heterocycles. The SMILES string of the molecule is C[C@H]1CN(Cc2ccc3c(c2)OC(F)(F)O3)CCN1c1cc(=O)n(C)c2ccc(C#N)nc12. The summed E-state index contributed by atoms with van der Waals surface area (Å²) in [6.07, 6.45) is -3.63. The van der Waals surface area contributed by atoms with Crippen LogP contribution in [0.4, 0.5) is 14.5 Å². The molecule has 170 valence electrons. The van der Waals surface area contributed by atoms with Gasteiger partial charge in [-0.05, 0) is 36.8 Å². The van der Waals surface area contributed by atoms with Crippen LogP contribution in [0, 0.1) is 11.3 Å². The van der Waals surface area contributed by atoms with Gasteiger partial charge in [0.1, 0.15) is 17.3 Å². The molecule has 0 radical (unpaired) electrons. The summed E-state index contributed by atoms with van der Waals surface area (Å²) in [4.78, 5) is 21.4. The number of hydrogen-bond acceptors (Lipinski definition) is 7. The Balaban J connectivity index is 1.37. The average Bonchev–Trinajstić information content (AvgIpc) is 3.09. The highest BCUT2D eigenvalue weighted by Crippen LogP contribution is 2.41. The molecule has 1 saturated heterocycles. The molecular formula is C23H21F2N5O3. The normalized spacial score (nSPS) is 19.6. The lowest BCUT2D eigenvalue weighted by atomic mass is 10.1. The van der Waals surface area contributed by atoms with Gasteiger partial charge in [0.25, 0.3) is 5.56 Å².